The van der Waals surface area contributed by atoms with Crippen LogP contribution in [0.15, 0.2) is 0 Å². The predicted octanol–water partition coefficient (Wildman–Crippen LogP) is 6.02. The van der Waals surface area contributed by atoms with Crippen LogP contribution in [-0.4, -0.2) is 88.4 Å². The molecular formula is C30H60O8. The van der Waals surface area contributed by atoms with Crippen molar-refractivity contribution in [1.82, 2.24) is 0 Å². The third kappa shape index (κ3) is 31.4. The second-order valence-corrected chi connectivity index (χ2v) is 10.5. The standard InChI is InChI=1S/C30H60O8/c1-28(2)16-14-12-10-8-6-4-3-5-7-9-11-13-15-18-38-29(26-30(32)33)27-37-25-24-36-23-22-35-21-20-34-19-17-31/h28-29,31H,3-27H2,1-2H3,(H,32,33). The van der Waals surface area contributed by atoms with Crippen molar-refractivity contribution in [2.45, 2.75) is 116 Å². The molecule has 8 heteroatoms. The highest BCUT2D eigenvalue weighted by Crippen LogP contribution is 2.14. The molecule has 8 nitrogen and oxygen atoms in total. The SMILES string of the molecule is CC(C)CCCCCCCCCCCCCCCOC(COCCOCCOCCOCCO)CC(=O)O. The summed E-state index contributed by atoms with van der Waals surface area (Å²) in [6, 6.07) is 0. The smallest absolute Gasteiger partial charge is 0.306 e. The molecule has 0 aromatic heterocycles. The molecule has 0 aliphatic carbocycles. The average molecular weight is 549 g/mol. The van der Waals surface area contributed by atoms with Gasteiger partial charge in [-0.05, 0) is 12.3 Å². The van der Waals surface area contributed by atoms with Crippen LogP contribution in [0.25, 0.3) is 0 Å². The average Bonchev–Trinajstić information content (AvgIpc) is 2.88. The van der Waals surface area contributed by atoms with Gasteiger partial charge in [0.1, 0.15) is 0 Å². The minimum absolute atomic E-state index is 0.0145. The molecule has 0 radical (unpaired) electrons. The molecule has 228 valence electrons. The third-order valence-electron chi connectivity index (χ3n) is 6.34. The van der Waals surface area contributed by atoms with Crippen molar-refractivity contribution < 1.29 is 38.7 Å². The van der Waals surface area contributed by atoms with Crippen LogP contribution in [0.4, 0.5) is 0 Å². The molecule has 1 unspecified atom stereocenters. The highest BCUT2D eigenvalue weighted by atomic mass is 16.6. The van der Waals surface area contributed by atoms with Gasteiger partial charge < -0.3 is 33.9 Å². The Morgan fingerprint density at radius 2 is 1.00 bits per heavy atom. The zero-order valence-corrected chi connectivity index (χ0v) is 24.7. The maximum Gasteiger partial charge on any atom is 0.306 e. The van der Waals surface area contributed by atoms with Gasteiger partial charge in [0, 0.05) is 6.61 Å². The first kappa shape index (κ1) is 37.2. The molecule has 0 saturated heterocycles. The van der Waals surface area contributed by atoms with E-state index < -0.39 is 12.1 Å². The number of aliphatic hydroxyl groups excluding tert-OH is 1. The summed E-state index contributed by atoms with van der Waals surface area (Å²) in [5, 5.41) is 17.7. The van der Waals surface area contributed by atoms with Gasteiger partial charge in [-0.15, -0.1) is 0 Å². The van der Waals surface area contributed by atoms with E-state index in [1.54, 1.807) is 0 Å². The summed E-state index contributed by atoms with van der Waals surface area (Å²) in [6.45, 7) is 8.43. The third-order valence-corrected chi connectivity index (χ3v) is 6.34. The number of carboxylic acid groups (broad SMARTS) is 1. The summed E-state index contributed by atoms with van der Waals surface area (Å²) in [4.78, 5) is 11.1. The van der Waals surface area contributed by atoms with Gasteiger partial charge in [0.25, 0.3) is 0 Å². The fraction of sp³-hybridized carbons (Fsp3) is 0.967. The first-order chi connectivity index (χ1) is 18.6. The summed E-state index contributed by atoms with van der Waals surface area (Å²) in [5.41, 5.74) is 0. The lowest BCUT2D eigenvalue weighted by molar-refractivity contribution is -0.141. The minimum Gasteiger partial charge on any atom is -0.481 e. The molecule has 0 bridgehead atoms. The largest absolute Gasteiger partial charge is 0.481 e. The van der Waals surface area contributed by atoms with E-state index >= 15 is 0 Å². The second kappa shape index (κ2) is 30.8. The Morgan fingerprint density at radius 3 is 1.45 bits per heavy atom. The Hall–Kier alpha value is -0.770. The number of aliphatic carboxylic acids is 1. The topological polar surface area (TPSA) is 104 Å². The molecular weight excluding hydrogens is 488 g/mol. The van der Waals surface area contributed by atoms with Gasteiger partial charge in [0.05, 0.1) is 72.0 Å². The first-order valence-corrected chi connectivity index (χ1v) is 15.3. The van der Waals surface area contributed by atoms with Gasteiger partial charge in [-0.3, -0.25) is 4.79 Å². The lowest BCUT2D eigenvalue weighted by Gasteiger charge is -2.16. The summed E-state index contributed by atoms with van der Waals surface area (Å²) in [6.07, 6.45) is 17.9. The van der Waals surface area contributed by atoms with E-state index in [1.807, 2.05) is 0 Å². The highest BCUT2D eigenvalue weighted by molar-refractivity contribution is 5.67. The fourth-order valence-corrected chi connectivity index (χ4v) is 4.15. The van der Waals surface area contributed by atoms with Gasteiger partial charge in [0.2, 0.25) is 0 Å². The van der Waals surface area contributed by atoms with Gasteiger partial charge >= 0.3 is 5.97 Å². The van der Waals surface area contributed by atoms with Crippen molar-refractivity contribution in [3.05, 3.63) is 0 Å². The molecule has 0 aromatic carbocycles. The van der Waals surface area contributed by atoms with Crippen LogP contribution in [0.2, 0.25) is 0 Å². The summed E-state index contributed by atoms with van der Waals surface area (Å²) in [7, 11) is 0. The summed E-state index contributed by atoms with van der Waals surface area (Å²) < 4.78 is 27.2. The van der Waals surface area contributed by atoms with Crippen LogP contribution in [0.3, 0.4) is 0 Å². The number of ether oxygens (including phenoxy) is 5. The Bertz CT molecular complexity index is 475. The molecule has 0 rings (SSSR count). The van der Waals surface area contributed by atoms with Crippen molar-refractivity contribution in [2.24, 2.45) is 5.92 Å². The molecule has 0 fully saturated rings. The molecule has 0 spiro atoms. The number of hydrogen-bond donors (Lipinski definition) is 2. The van der Waals surface area contributed by atoms with Crippen LogP contribution in [0, 0.1) is 5.92 Å². The van der Waals surface area contributed by atoms with Crippen LogP contribution >= 0.6 is 0 Å². The van der Waals surface area contributed by atoms with Gasteiger partial charge in [0.15, 0.2) is 0 Å². The molecule has 0 aliphatic rings. The number of rotatable bonds is 32. The van der Waals surface area contributed by atoms with Crippen molar-refractivity contribution in [1.29, 1.82) is 0 Å². The van der Waals surface area contributed by atoms with E-state index in [1.165, 1.54) is 77.0 Å². The molecule has 1 atom stereocenters. The molecule has 2 N–H and O–H groups in total. The molecule has 0 amide bonds. The van der Waals surface area contributed by atoms with E-state index in [0.717, 1.165) is 18.8 Å². The number of hydrogen-bond acceptors (Lipinski definition) is 7. The Labute approximate surface area is 233 Å². The Balaban J connectivity index is 3.48. The lowest BCUT2D eigenvalue weighted by Crippen LogP contribution is -2.25. The van der Waals surface area contributed by atoms with Crippen LogP contribution < -0.4 is 0 Å². The molecule has 0 aromatic rings. The van der Waals surface area contributed by atoms with E-state index in [2.05, 4.69) is 13.8 Å². The van der Waals surface area contributed by atoms with Crippen molar-refractivity contribution in [2.75, 3.05) is 66.1 Å². The van der Waals surface area contributed by atoms with E-state index in [0.29, 0.717) is 52.9 Å². The van der Waals surface area contributed by atoms with E-state index in [-0.39, 0.29) is 19.6 Å². The zero-order valence-electron chi connectivity index (χ0n) is 24.7. The van der Waals surface area contributed by atoms with Crippen molar-refractivity contribution in [3.8, 4) is 0 Å². The number of carbonyl (C=O) groups is 1. The maximum absolute atomic E-state index is 11.1. The number of unbranched alkanes of at least 4 members (excludes halogenated alkanes) is 12. The number of carboxylic acids is 1. The normalized spacial score (nSPS) is 12.4. The van der Waals surface area contributed by atoms with Gasteiger partial charge in [-0.2, -0.15) is 0 Å². The van der Waals surface area contributed by atoms with Gasteiger partial charge in [-0.25, -0.2) is 0 Å². The quantitative estimate of drug-likeness (QED) is 0.0984. The number of aliphatic hydroxyl groups is 1. The van der Waals surface area contributed by atoms with E-state index in [9.17, 15) is 4.79 Å². The molecule has 38 heavy (non-hydrogen) atoms. The highest BCUT2D eigenvalue weighted by Gasteiger charge is 2.14. The second-order valence-electron chi connectivity index (χ2n) is 10.5. The van der Waals surface area contributed by atoms with Crippen molar-refractivity contribution in [3.63, 3.8) is 0 Å². The van der Waals surface area contributed by atoms with E-state index in [4.69, 9.17) is 33.9 Å². The van der Waals surface area contributed by atoms with Crippen LogP contribution in [0.5, 0.6) is 0 Å². The van der Waals surface area contributed by atoms with Crippen LogP contribution in [0.1, 0.15) is 110 Å². The predicted molar refractivity (Wildman–Crippen MR) is 152 cm³/mol. The van der Waals surface area contributed by atoms with Gasteiger partial charge in [-0.1, -0.05) is 97.3 Å². The summed E-state index contributed by atoms with van der Waals surface area (Å²) >= 11 is 0. The zero-order chi connectivity index (χ0) is 27.9. The summed E-state index contributed by atoms with van der Waals surface area (Å²) in [5.74, 6) is -0.0260. The maximum atomic E-state index is 11.1. The first-order valence-electron chi connectivity index (χ1n) is 15.3. The Kier molecular flexibility index (Phi) is 30.1. The molecule has 0 saturated carbocycles. The van der Waals surface area contributed by atoms with Crippen LogP contribution in [-0.2, 0) is 28.5 Å². The molecule has 0 heterocycles. The Morgan fingerprint density at radius 1 is 0.579 bits per heavy atom. The minimum atomic E-state index is -0.874. The fourth-order valence-electron chi connectivity index (χ4n) is 4.15. The lowest BCUT2D eigenvalue weighted by atomic mass is 10.0. The van der Waals surface area contributed by atoms with Crippen molar-refractivity contribution >= 4 is 5.97 Å². The molecule has 0 aliphatic heterocycles. The monoisotopic (exact) mass is 548 g/mol.